The summed E-state index contributed by atoms with van der Waals surface area (Å²) < 4.78 is 4.99. The molecule has 0 fully saturated rings. The third-order valence-electron chi connectivity index (χ3n) is 1.79. The third-order valence-corrected chi connectivity index (χ3v) is 1.79. The first-order valence-corrected chi connectivity index (χ1v) is 4.83. The molecule has 0 aromatic rings. The van der Waals surface area contributed by atoms with Gasteiger partial charge in [0, 0.05) is 13.7 Å². The maximum Gasteiger partial charge on any atom is 0.0462 e. The van der Waals surface area contributed by atoms with Crippen LogP contribution in [0.4, 0.5) is 0 Å². The van der Waals surface area contributed by atoms with Crippen molar-refractivity contribution in [3.8, 4) is 0 Å². The van der Waals surface area contributed by atoms with Crippen LogP contribution in [0.5, 0.6) is 0 Å². The van der Waals surface area contributed by atoms with E-state index in [1.165, 1.54) is 24.8 Å². The van der Waals surface area contributed by atoms with Crippen LogP contribution in [0, 0.1) is 5.92 Å². The Morgan fingerprint density at radius 1 is 1.33 bits per heavy atom. The Morgan fingerprint density at radius 2 is 2.00 bits per heavy atom. The minimum Gasteiger partial charge on any atom is -0.385 e. The van der Waals surface area contributed by atoms with Gasteiger partial charge in [-0.25, -0.2) is 0 Å². The summed E-state index contributed by atoms with van der Waals surface area (Å²) in [5.74, 6) is 0.687. The Balaban J connectivity index is 3.37. The summed E-state index contributed by atoms with van der Waals surface area (Å²) in [7, 11) is 1.76. The van der Waals surface area contributed by atoms with Crippen LogP contribution >= 0.6 is 0 Å². The van der Waals surface area contributed by atoms with E-state index in [0.29, 0.717) is 5.92 Å². The molecular weight excluding hydrogens is 148 g/mol. The summed E-state index contributed by atoms with van der Waals surface area (Å²) >= 11 is 0. The minimum absolute atomic E-state index is 0.687. The van der Waals surface area contributed by atoms with Crippen LogP contribution in [0.25, 0.3) is 0 Å². The number of rotatable bonds is 6. The van der Waals surface area contributed by atoms with E-state index in [2.05, 4.69) is 26.8 Å². The van der Waals surface area contributed by atoms with Crippen molar-refractivity contribution < 1.29 is 4.74 Å². The molecule has 1 nitrogen and oxygen atoms in total. The maximum atomic E-state index is 4.99. The lowest BCUT2D eigenvalue weighted by molar-refractivity contribution is 0.193. The maximum absolute atomic E-state index is 4.99. The van der Waals surface area contributed by atoms with E-state index in [9.17, 15) is 0 Å². The number of ether oxygens (including phenoxy) is 1. The van der Waals surface area contributed by atoms with E-state index in [0.717, 1.165) is 6.61 Å². The normalized spacial score (nSPS) is 12.6. The predicted octanol–water partition coefficient (Wildman–Crippen LogP) is 3.41. The zero-order valence-corrected chi connectivity index (χ0v) is 8.89. The molecule has 0 aliphatic rings. The Morgan fingerprint density at radius 3 is 2.50 bits per heavy atom. The quantitative estimate of drug-likeness (QED) is 0.438. The monoisotopic (exact) mass is 170 g/mol. The number of methoxy groups -OCH3 is 1. The summed E-state index contributed by atoms with van der Waals surface area (Å²) in [5.41, 5.74) is 1.51. The smallest absolute Gasteiger partial charge is 0.0462 e. The average Bonchev–Trinajstić information content (AvgIpc) is 1.97. The molecule has 0 spiro atoms. The second-order valence-corrected chi connectivity index (χ2v) is 3.71. The predicted molar refractivity (Wildman–Crippen MR) is 54.3 cm³/mol. The molecule has 0 bridgehead atoms. The highest BCUT2D eigenvalue weighted by Crippen LogP contribution is 2.09. The van der Waals surface area contributed by atoms with Gasteiger partial charge in [0.1, 0.15) is 0 Å². The zero-order chi connectivity index (χ0) is 9.40. The van der Waals surface area contributed by atoms with Gasteiger partial charge < -0.3 is 4.74 Å². The Hall–Kier alpha value is -0.300. The van der Waals surface area contributed by atoms with Gasteiger partial charge in [0.15, 0.2) is 0 Å². The van der Waals surface area contributed by atoms with Crippen molar-refractivity contribution in [1.82, 2.24) is 0 Å². The highest BCUT2D eigenvalue weighted by Gasteiger charge is 1.92. The van der Waals surface area contributed by atoms with Gasteiger partial charge >= 0.3 is 0 Å². The minimum atomic E-state index is 0.687. The Labute approximate surface area is 76.8 Å². The number of hydrogen-bond acceptors (Lipinski definition) is 1. The van der Waals surface area contributed by atoms with Crippen LogP contribution in [-0.4, -0.2) is 13.7 Å². The van der Waals surface area contributed by atoms with E-state index < -0.39 is 0 Å². The van der Waals surface area contributed by atoms with Gasteiger partial charge in [0.05, 0.1) is 0 Å². The largest absolute Gasteiger partial charge is 0.385 e. The van der Waals surface area contributed by atoms with Crippen LogP contribution in [-0.2, 0) is 4.74 Å². The van der Waals surface area contributed by atoms with Crippen LogP contribution in [0.1, 0.15) is 40.0 Å². The fourth-order valence-corrected chi connectivity index (χ4v) is 1.30. The molecule has 0 aromatic carbocycles. The second-order valence-electron chi connectivity index (χ2n) is 3.71. The van der Waals surface area contributed by atoms with Gasteiger partial charge in [-0.05, 0) is 32.1 Å². The summed E-state index contributed by atoms with van der Waals surface area (Å²) in [5, 5.41) is 0. The van der Waals surface area contributed by atoms with Crippen molar-refractivity contribution in [2.24, 2.45) is 5.92 Å². The van der Waals surface area contributed by atoms with Gasteiger partial charge in [0.25, 0.3) is 0 Å². The van der Waals surface area contributed by atoms with Crippen molar-refractivity contribution in [3.63, 3.8) is 0 Å². The fraction of sp³-hybridized carbons (Fsp3) is 0.818. The highest BCUT2D eigenvalue weighted by atomic mass is 16.5. The molecule has 72 valence electrons. The van der Waals surface area contributed by atoms with Gasteiger partial charge in [-0.3, -0.25) is 0 Å². The van der Waals surface area contributed by atoms with Gasteiger partial charge in [0.2, 0.25) is 0 Å². The van der Waals surface area contributed by atoms with Crippen molar-refractivity contribution in [3.05, 3.63) is 11.6 Å². The lowest BCUT2D eigenvalue weighted by Gasteiger charge is -2.03. The molecule has 0 aliphatic carbocycles. The summed E-state index contributed by atoms with van der Waals surface area (Å²) in [6.45, 7) is 7.55. The lowest BCUT2D eigenvalue weighted by atomic mass is 10.1. The van der Waals surface area contributed by atoms with Crippen LogP contribution < -0.4 is 0 Å². The highest BCUT2D eigenvalue weighted by molar-refractivity contribution is 4.99. The molecule has 12 heavy (non-hydrogen) atoms. The van der Waals surface area contributed by atoms with E-state index in [4.69, 9.17) is 4.74 Å². The standard InChI is InChI=1S/C11H22O/c1-10(2)9-11(3)7-5-6-8-12-4/h9-10H,5-8H2,1-4H3/b11-9+. The molecule has 0 rings (SSSR count). The molecular formula is C11H22O. The van der Waals surface area contributed by atoms with Crippen LogP contribution in [0.2, 0.25) is 0 Å². The van der Waals surface area contributed by atoms with Crippen molar-refractivity contribution in [1.29, 1.82) is 0 Å². The van der Waals surface area contributed by atoms with E-state index >= 15 is 0 Å². The molecule has 1 heteroatoms. The first-order valence-electron chi connectivity index (χ1n) is 4.83. The first kappa shape index (κ1) is 11.7. The van der Waals surface area contributed by atoms with E-state index in [1.54, 1.807) is 7.11 Å². The van der Waals surface area contributed by atoms with E-state index in [-0.39, 0.29) is 0 Å². The number of allylic oxidation sites excluding steroid dienone is 2. The van der Waals surface area contributed by atoms with Gasteiger partial charge in [-0.1, -0.05) is 25.5 Å². The molecule has 0 aromatic heterocycles. The molecule has 0 N–H and O–H groups in total. The van der Waals surface area contributed by atoms with Gasteiger partial charge in [-0.15, -0.1) is 0 Å². The van der Waals surface area contributed by atoms with Crippen molar-refractivity contribution in [2.45, 2.75) is 40.0 Å². The van der Waals surface area contributed by atoms with Crippen molar-refractivity contribution in [2.75, 3.05) is 13.7 Å². The SMILES string of the molecule is COCCCC/C(C)=C/C(C)C. The molecule has 0 unspecified atom stereocenters. The van der Waals surface area contributed by atoms with Crippen molar-refractivity contribution >= 4 is 0 Å². The summed E-state index contributed by atoms with van der Waals surface area (Å²) in [6.07, 6.45) is 6.00. The lowest BCUT2D eigenvalue weighted by Crippen LogP contribution is -1.89. The Kier molecular flexibility index (Phi) is 7.17. The Bertz CT molecular complexity index is 125. The summed E-state index contributed by atoms with van der Waals surface area (Å²) in [4.78, 5) is 0. The summed E-state index contributed by atoms with van der Waals surface area (Å²) in [6, 6.07) is 0. The zero-order valence-electron chi connectivity index (χ0n) is 8.89. The molecule has 0 amide bonds. The molecule has 0 saturated heterocycles. The number of unbranched alkanes of at least 4 members (excludes halogenated alkanes) is 1. The van der Waals surface area contributed by atoms with Gasteiger partial charge in [-0.2, -0.15) is 0 Å². The molecule has 0 atom stereocenters. The second kappa shape index (κ2) is 7.35. The molecule has 0 saturated carbocycles. The molecule has 0 heterocycles. The number of hydrogen-bond donors (Lipinski definition) is 0. The first-order chi connectivity index (χ1) is 5.66. The average molecular weight is 170 g/mol. The van der Waals surface area contributed by atoms with E-state index in [1.807, 2.05) is 0 Å². The molecule has 0 aliphatic heterocycles. The van der Waals surface area contributed by atoms with Crippen LogP contribution in [0.3, 0.4) is 0 Å². The topological polar surface area (TPSA) is 9.23 Å². The fourth-order valence-electron chi connectivity index (χ4n) is 1.30. The third kappa shape index (κ3) is 7.80. The molecule has 0 radical (unpaired) electrons. The van der Waals surface area contributed by atoms with Crippen LogP contribution in [0.15, 0.2) is 11.6 Å².